The third kappa shape index (κ3) is 4.76. The molecule has 7 nitrogen and oxygen atoms in total. The Morgan fingerprint density at radius 3 is 2.55 bits per heavy atom. The Morgan fingerprint density at radius 1 is 1.16 bits per heavy atom. The lowest BCUT2D eigenvalue weighted by Crippen LogP contribution is -2.16. The van der Waals surface area contributed by atoms with Gasteiger partial charge in [0.1, 0.15) is 16.1 Å². The Labute approximate surface area is 187 Å². The largest absolute Gasteiger partial charge is 0.462 e. The third-order valence-electron chi connectivity index (χ3n) is 4.57. The monoisotopic (exact) mass is 458 g/mol. The van der Waals surface area contributed by atoms with E-state index in [-0.39, 0.29) is 27.8 Å². The lowest BCUT2D eigenvalue weighted by atomic mass is 9.97. The van der Waals surface area contributed by atoms with Crippen molar-refractivity contribution in [3.63, 3.8) is 0 Å². The number of ether oxygens (including phenoxy) is 1. The quantitative estimate of drug-likeness (QED) is 0.276. The maximum absolute atomic E-state index is 12.8. The van der Waals surface area contributed by atoms with Crippen LogP contribution in [0.4, 0.5) is 10.7 Å². The van der Waals surface area contributed by atoms with E-state index >= 15 is 0 Å². The number of esters is 1. The number of hydrogen-bond acceptors (Lipinski definition) is 6. The molecule has 1 heterocycles. The summed E-state index contributed by atoms with van der Waals surface area (Å²) >= 11 is 6.98. The predicted molar refractivity (Wildman–Crippen MR) is 121 cm³/mol. The van der Waals surface area contributed by atoms with Gasteiger partial charge in [0.05, 0.1) is 11.5 Å². The number of hydrogen-bond donors (Lipinski definition) is 1. The molecule has 3 aromatic rings. The summed E-state index contributed by atoms with van der Waals surface area (Å²) in [6.45, 7) is 5.76. The summed E-state index contributed by atoms with van der Waals surface area (Å²) < 4.78 is 5.21. The van der Waals surface area contributed by atoms with Gasteiger partial charge in [0.2, 0.25) is 0 Å². The minimum atomic E-state index is -0.719. The van der Waals surface area contributed by atoms with Crippen LogP contribution in [-0.4, -0.2) is 23.4 Å². The second-order valence-electron chi connectivity index (χ2n) is 6.77. The number of benzene rings is 2. The number of carbonyl (C=O) groups excluding carboxylic acids is 2. The molecule has 0 aliphatic rings. The predicted octanol–water partition coefficient (Wildman–Crippen LogP) is 6.02. The van der Waals surface area contributed by atoms with Crippen molar-refractivity contribution >= 4 is 45.5 Å². The molecule has 0 radical (unpaired) electrons. The number of anilines is 1. The summed E-state index contributed by atoms with van der Waals surface area (Å²) in [5, 5.41) is 16.1. The van der Waals surface area contributed by atoms with Gasteiger partial charge < -0.3 is 10.1 Å². The number of nitrogens with zero attached hydrogens (tertiary/aromatic N) is 1. The fourth-order valence-corrected chi connectivity index (χ4v) is 4.30. The van der Waals surface area contributed by atoms with Gasteiger partial charge in [-0.05, 0) is 44.0 Å². The smallest absolute Gasteiger partial charge is 0.341 e. The Bertz CT molecular complexity index is 1190. The molecule has 1 N–H and O–H groups in total. The molecule has 31 heavy (non-hydrogen) atoms. The molecule has 1 amide bonds. The fraction of sp³-hybridized carbons (Fsp3) is 0.182. The van der Waals surface area contributed by atoms with Crippen molar-refractivity contribution in [3.8, 4) is 11.1 Å². The van der Waals surface area contributed by atoms with E-state index in [0.29, 0.717) is 5.56 Å². The van der Waals surface area contributed by atoms with E-state index in [1.54, 1.807) is 12.3 Å². The van der Waals surface area contributed by atoms with E-state index in [2.05, 4.69) is 5.32 Å². The molecule has 0 fully saturated rings. The molecule has 0 atom stereocenters. The summed E-state index contributed by atoms with van der Waals surface area (Å²) in [4.78, 5) is 36.2. The molecular weight excluding hydrogens is 440 g/mol. The summed E-state index contributed by atoms with van der Waals surface area (Å²) in [5.74, 6) is -1.30. The van der Waals surface area contributed by atoms with Gasteiger partial charge in [-0.15, -0.1) is 11.3 Å². The lowest BCUT2D eigenvalue weighted by Gasteiger charge is -2.11. The summed E-state index contributed by atoms with van der Waals surface area (Å²) in [7, 11) is 0. The van der Waals surface area contributed by atoms with Crippen LogP contribution in [0.1, 0.15) is 38.8 Å². The number of rotatable bonds is 6. The Hall–Kier alpha value is -3.23. The molecule has 160 valence electrons. The second-order valence-corrected chi connectivity index (χ2v) is 8.08. The van der Waals surface area contributed by atoms with Crippen LogP contribution >= 0.6 is 22.9 Å². The normalized spacial score (nSPS) is 10.6. The Kier molecular flexibility index (Phi) is 6.72. The molecule has 0 aliphatic heterocycles. The highest BCUT2D eigenvalue weighted by Crippen LogP contribution is 2.38. The maximum atomic E-state index is 12.8. The summed E-state index contributed by atoms with van der Waals surface area (Å²) in [6, 6.07) is 9.62. The van der Waals surface area contributed by atoms with Gasteiger partial charge in [0.25, 0.3) is 11.6 Å². The minimum Gasteiger partial charge on any atom is -0.462 e. The second kappa shape index (κ2) is 9.28. The Morgan fingerprint density at radius 2 is 1.90 bits per heavy atom. The van der Waals surface area contributed by atoms with E-state index in [1.807, 2.05) is 32.0 Å². The molecule has 0 saturated heterocycles. The molecule has 9 heteroatoms. The standard InChI is InChI=1S/C22H19ClN2O5S/c1-4-30-22(27)19-17(15-7-5-12(2)9-13(15)3)11-31-21(19)24-20(26)16-8-6-14(23)10-18(16)25(28)29/h5-11H,4H2,1-3H3,(H,24,26). The van der Waals surface area contributed by atoms with E-state index in [4.69, 9.17) is 16.3 Å². The van der Waals surface area contributed by atoms with Crippen LogP contribution in [0.2, 0.25) is 5.02 Å². The average molecular weight is 459 g/mol. The molecule has 0 bridgehead atoms. The molecule has 0 saturated carbocycles. The van der Waals surface area contributed by atoms with Crippen molar-refractivity contribution in [2.45, 2.75) is 20.8 Å². The van der Waals surface area contributed by atoms with Crippen molar-refractivity contribution in [2.24, 2.45) is 0 Å². The van der Waals surface area contributed by atoms with E-state index in [9.17, 15) is 19.7 Å². The first kappa shape index (κ1) is 22.5. The molecule has 0 aliphatic carbocycles. The number of halogens is 1. The zero-order valence-corrected chi connectivity index (χ0v) is 18.6. The van der Waals surface area contributed by atoms with Crippen LogP contribution in [-0.2, 0) is 4.74 Å². The topological polar surface area (TPSA) is 98.5 Å². The highest BCUT2D eigenvalue weighted by molar-refractivity contribution is 7.15. The highest BCUT2D eigenvalue weighted by Gasteiger charge is 2.26. The summed E-state index contributed by atoms with van der Waals surface area (Å²) in [6.07, 6.45) is 0. The van der Waals surface area contributed by atoms with Crippen molar-refractivity contribution in [3.05, 3.63) is 79.2 Å². The van der Waals surface area contributed by atoms with E-state index in [0.717, 1.165) is 34.1 Å². The number of carbonyl (C=O) groups is 2. The SMILES string of the molecule is CCOC(=O)c1c(-c2ccc(C)cc2C)csc1NC(=O)c1ccc(Cl)cc1[N+](=O)[O-]. The molecule has 0 unspecified atom stereocenters. The average Bonchev–Trinajstić information content (AvgIpc) is 3.11. The number of aryl methyl sites for hydroxylation is 2. The molecule has 0 spiro atoms. The first-order valence-electron chi connectivity index (χ1n) is 9.34. The molecule has 3 rings (SSSR count). The lowest BCUT2D eigenvalue weighted by molar-refractivity contribution is -0.385. The van der Waals surface area contributed by atoms with Crippen molar-refractivity contribution in [1.82, 2.24) is 0 Å². The number of nitrogens with one attached hydrogen (secondary N) is 1. The fourth-order valence-electron chi connectivity index (χ4n) is 3.19. The van der Waals surface area contributed by atoms with Crippen LogP contribution in [0, 0.1) is 24.0 Å². The van der Waals surface area contributed by atoms with Crippen molar-refractivity contribution < 1.29 is 19.2 Å². The zero-order valence-electron chi connectivity index (χ0n) is 17.0. The molecule has 2 aromatic carbocycles. The number of nitro benzene ring substituents is 1. The van der Waals surface area contributed by atoms with Crippen LogP contribution < -0.4 is 5.32 Å². The van der Waals surface area contributed by atoms with Gasteiger partial charge in [0, 0.05) is 22.0 Å². The van der Waals surface area contributed by atoms with Crippen LogP contribution in [0.5, 0.6) is 0 Å². The van der Waals surface area contributed by atoms with Crippen LogP contribution in [0.15, 0.2) is 41.8 Å². The first-order valence-corrected chi connectivity index (χ1v) is 10.6. The van der Waals surface area contributed by atoms with Gasteiger partial charge in [-0.3, -0.25) is 14.9 Å². The van der Waals surface area contributed by atoms with Gasteiger partial charge >= 0.3 is 5.97 Å². The maximum Gasteiger partial charge on any atom is 0.341 e. The first-order chi connectivity index (χ1) is 14.7. The number of thiophene rings is 1. The van der Waals surface area contributed by atoms with Gasteiger partial charge in [-0.25, -0.2) is 4.79 Å². The van der Waals surface area contributed by atoms with Crippen LogP contribution in [0.25, 0.3) is 11.1 Å². The van der Waals surface area contributed by atoms with Gasteiger partial charge in [0.15, 0.2) is 0 Å². The number of nitro groups is 1. The molecule has 1 aromatic heterocycles. The highest BCUT2D eigenvalue weighted by atomic mass is 35.5. The van der Waals surface area contributed by atoms with Crippen molar-refractivity contribution in [2.75, 3.05) is 11.9 Å². The van der Waals surface area contributed by atoms with Gasteiger partial charge in [-0.2, -0.15) is 0 Å². The third-order valence-corrected chi connectivity index (χ3v) is 5.70. The summed E-state index contributed by atoms with van der Waals surface area (Å²) in [5.41, 5.74) is 3.14. The molecular formula is C22H19ClN2O5S. The Balaban J connectivity index is 2.06. The van der Waals surface area contributed by atoms with E-state index in [1.165, 1.54) is 12.1 Å². The number of amides is 1. The van der Waals surface area contributed by atoms with Crippen LogP contribution in [0.3, 0.4) is 0 Å². The zero-order chi connectivity index (χ0) is 22.7. The van der Waals surface area contributed by atoms with E-state index < -0.39 is 22.5 Å². The van der Waals surface area contributed by atoms with Crippen molar-refractivity contribution in [1.29, 1.82) is 0 Å². The minimum absolute atomic E-state index is 0.142. The van der Waals surface area contributed by atoms with Gasteiger partial charge in [-0.1, -0.05) is 35.4 Å².